The van der Waals surface area contributed by atoms with E-state index in [2.05, 4.69) is 20.9 Å². The highest BCUT2D eigenvalue weighted by Gasteiger charge is 2.48. The van der Waals surface area contributed by atoms with Gasteiger partial charge in [-0.15, -0.1) is 0 Å². The lowest BCUT2D eigenvalue weighted by molar-refractivity contribution is -0.139. The molecule has 0 aliphatic carbocycles. The summed E-state index contributed by atoms with van der Waals surface area (Å²) in [6, 6.07) is 4.01. The van der Waals surface area contributed by atoms with Crippen LogP contribution in [0.3, 0.4) is 0 Å². The van der Waals surface area contributed by atoms with E-state index in [0.29, 0.717) is 12.5 Å². The molecule has 1 unspecified atom stereocenters. The molecule has 1 spiro atoms. The number of hydrogen-bond acceptors (Lipinski definition) is 4. The molecule has 1 aromatic rings. The number of likely N-dealkylation sites (tertiary alicyclic amines) is 2. The van der Waals surface area contributed by atoms with Crippen molar-refractivity contribution in [1.82, 2.24) is 14.8 Å². The molecule has 4 rings (SSSR count). The first-order valence-corrected chi connectivity index (χ1v) is 9.74. The second kappa shape index (κ2) is 7.42. The predicted molar refractivity (Wildman–Crippen MR) is 95.9 cm³/mol. The van der Waals surface area contributed by atoms with Crippen molar-refractivity contribution in [2.45, 2.75) is 38.6 Å². The molecule has 25 heavy (non-hydrogen) atoms. The average Bonchev–Trinajstić information content (AvgIpc) is 2.93. The van der Waals surface area contributed by atoms with Crippen LogP contribution in [0, 0.1) is 11.3 Å². The lowest BCUT2D eigenvalue weighted by Gasteiger charge is -2.41. The highest BCUT2D eigenvalue weighted by atomic mass is 16.5. The lowest BCUT2D eigenvalue weighted by atomic mass is 9.78. The molecule has 5 nitrogen and oxygen atoms in total. The maximum absolute atomic E-state index is 13.2. The molecule has 3 aliphatic rings. The average molecular weight is 343 g/mol. The summed E-state index contributed by atoms with van der Waals surface area (Å²) in [5.41, 5.74) is 0.994. The number of ether oxygens (including phenoxy) is 1. The molecule has 0 saturated carbocycles. The Bertz CT molecular complexity index is 588. The molecule has 5 heteroatoms. The van der Waals surface area contributed by atoms with Crippen molar-refractivity contribution in [1.29, 1.82) is 0 Å². The molecule has 0 bridgehead atoms. The van der Waals surface area contributed by atoms with Crippen LogP contribution in [0.25, 0.3) is 0 Å². The minimum atomic E-state index is -0.133. The molecule has 1 aromatic heterocycles. The molecule has 0 N–H and O–H groups in total. The Morgan fingerprint density at radius 2 is 2.12 bits per heavy atom. The molecule has 4 heterocycles. The summed E-state index contributed by atoms with van der Waals surface area (Å²) in [6.45, 7) is 6.64. The summed E-state index contributed by atoms with van der Waals surface area (Å²) in [4.78, 5) is 22.0. The molecule has 3 fully saturated rings. The Labute approximate surface area is 150 Å². The van der Waals surface area contributed by atoms with Crippen LogP contribution in [-0.4, -0.2) is 60.1 Å². The van der Waals surface area contributed by atoms with Gasteiger partial charge < -0.3 is 14.5 Å². The van der Waals surface area contributed by atoms with E-state index in [4.69, 9.17) is 4.74 Å². The first-order chi connectivity index (χ1) is 12.3. The van der Waals surface area contributed by atoms with Crippen LogP contribution in [0.1, 0.15) is 37.7 Å². The number of carbonyl (C=O) groups excluding carboxylic acids is 1. The summed E-state index contributed by atoms with van der Waals surface area (Å²) in [5.74, 6) is 1.11. The van der Waals surface area contributed by atoms with Crippen LogP contribution in [0.2, 0.25) is 0 Å². The molecule has 1 amide bonds. The first-order valence-electron chi connectivity index (χ1n) is 9.74. The van der Waals surface area contributed by atoms with Crippen LogP contribution in [0.15, 0.2) is 24.5 Å². The van der Waals surface area contributed by atoms with Crippen LogP contribution in [0.4, 0.5) is 0 Å². The topological polar surface area (TPSA) is 45.7 Å². The summed E-state index contributed by atoms with van der Waals surface area (Å²) in [6.07, 6.45) is 9.21. The highest BCUT2D eigenvalue weighted by molar-refractivity contribution is 5.85. The number of carbonyl (C=O) groups is 1. The summed E-state index contributed by atoms with van der Waals surface area (Å²) >= 11 is 0. The van der Waals surface area contributed by atoms with E-state index >= 15 is 0 Å². The predicted octanol–water partition coefficient (Wildman–Crippen LogP) is 2.32. The van der Waals surface area contributed by atoms with E-state index < -0.39 is 0 Å². The van der Waals surface area contributed by atoms with E-state index in [-0.39, 0.29) is 5.41 Å². The van der Waals surface area contributed by atoms with Gasteiger partial charge in [0.15, 0.2) is 0 Å². The van der Waals surface area contributed by atoms with E-state index in [1.54, 1.807) is 6.20 Å². The number of nitrogens with zero attached hydrogens (tertiary/aromatic N) is 3. The third kappa shape index (κ3) is 3.72. The quantitative estimate of drug-likeness (QED) is 0.842. The number of aromatic nitrogens is 1. The van der Waals surface area contributed by atoms with Crippen molar-refractivity contribution in [3.8, 4) is 0 Å². The van der Waals surface area contributed by atoms with Crippen molar-refractivity contribution in [2.75, 3.05) is 39.4 Å². The maximum Gasteiger partial charge on any atom is 0.230 e. The monoisotopic (exact) mass is 343 g/mol. The SMILES string of the molecule is O=C1N(Cc2cccnc2)CCC12CCCN(CC1CCOCC1)C2. The molecule has 0 aromatic carbocycles. The Morgan fingerprint density at radius 3 is 2.92 bits per heavy atom. The van der Waals surface area contributed by atoms with Gasteiger partial charge in [-0.2, -0.15) is 0 Å². The Kier molecular flexibility index (Phi) is 5.04. The molecular formula is C20H29N3O2. The zero-order valence-corrected chi connectivity index (χ0v) is 15.0. The fraction of sp³-hybridized carbons (Fsp3) is 0.700. The summed E-state index contributed by atoms with van der Waals surface area (Å²) in [7, 11) is 0. The van der Waals surface area contributed by atoms with Crippen LogP contribution >= 0.6 is 0 Å². The van der Waals surface area contributed by atoms with Crippen molar-refractivity contribution >= 4 is 5.91 Å². The van der Waals surface area contributed by atoms with Crippen molar-refractivity contribution in [2.24, 2.45) is 11.3 Å². The largest absolute Gasteiger partial charge is 0.381 e. The van der Waals surface area contributed by atoms with Crippen molar-refractivity contribution < 1.29 is 9.53 Å². The fourth-order valence-electron chi connectivity index (χ4n) is 4.81. The van der Waals surface area contributed by atoms with E-state index in [0.717, 1.165) is 70.1 Å². The fourth-order valence-corrected chi connectivity index (χ4v) is 4.81. The zero-order valence-electron chi connectivity index (χ0n) is 15.0. The van der Waals surface area contributed by atoms with E-state index in [9.17, 15) is 4.79 Å². The third-order valence-electron chi connectivity index (χ3n) is 6.21. The zero-order chi connectivity index (χ0) is 17.1. The number of rotatable bonds is 4. The molecule has 3 aliphatic heterocycles. The number of hydrogen-bond donors (Lipinski definition) is 0. The minimum absolute atomic E-state index is 0.133. The van der Waals surface area contributed by atoms with Crippen LogP contribution in [0.5, 0.6) is 0 Å². The van der Waals surface area contributed by atoms with Crippen LogP contribution in [-0.2, 0) is 16.1 Å². The molecule has 1 atom stereocenters. The van der Waals surface area contributed by atoms with Gasteiger partial charge in [0.05, 0.1) is 5.41 Å². The maximum atomic E-state index is 13.2. The van der Waals surface area contributed by atoms with Crippen molar-refractivity contribution in [3.63, 3.8) is 0 Å². The second-order valence-corrected chi connectivity index (χ2v) is 8.01. The molecule has 136 valence electrons. The number of piperidine rings is 1. The van der Waals surface area contributed by atoms with Gasteiger partial charge >= 0.3 is 0 Å². The minimum Gasteiger partial charge on any atom is -0.381 e. The van der Waals surface area contributed by atoms with Gasteiger partial charge in [0.1, 0.15) is 0 Å². The molecule has 3 saturated heterocycles. The second-order valence-electron chi connectivity index (χ2n) is 8.01. The Morgan fingerprint density at radius 1 is 1.24 bits per heavy atom. The van der Waals surface area contributed by atoms with Crippen LogP contribution < -0.4 is 0 Å². The summed E-state index contributed by atoms with van der Waals surface area (Å²) < 4.78 is 5.49. The lowest BCUT2D eigenvalue weighted by Crippen LogP contribution is -2.49. The van der Waals surface area contributed by atoms with Gasteiger partial charge in [0.2, 0.25) is 5.91 Å². The van der Waals surface area contributed by atoms with E-state index in [1.807, 2.05) is 12.3 Å². The third-order valence-corrected chi connectivity index (χ3v) is 6.21. The summed E-state index contributed by atoms with van der Waals surface area (Å²) in [5, 5.41) is 0. The number of pyridine rings is 1. The van der Waals surface area contributed by atoms with E-state index in [1.165, 1.54) is 12.8 Å². The van der Waals surface area contributed by atoms with Gasteiger partial charge in [-0.1, -0.05) is 6.07 Å². The Balaban J connectivity index is 1.38. The van der Waals surface area contributed by atoms with Gasteiger partial charge in [0, 0.05) is 51.8 Å². The number of amides is 1. The smallest absolute Gasteiger partial charge is 0.230 e. The van der Waals surface area contributed by atoms with Gasteiger partial charge in [-0.3, -0.25) is 9.78 Å². The van der Waals surface area contributed by atoms with Crippen molar-refractivity contribution in [3.05, 3.63) is 30.1 Å². The molecule has 0 radical (unpaired) electrons. The van der Waals surface area contributed by atoms with Gasteiger partial charge in [0.25, 0.3) is 0 Å². The van der Waals surface area contributed by atoms with Gasteiger partial charge in [-0.05, 0) is 56.2 Å². The molecular weight excluding hydrogens is 314 g/mol. The Hall–Kier alpha value is -1.46. The standard InChI is InChI=1S/C20H29N3O2/c24-19-20(7-10-23(19)15-18-3-1-8-21-13-18)6-2-9-22(16-20)14-17-4-11-25-12-5-17/h1,3,8,13,17H,2,4-7,9-12,14-16H2. The van der Waals surface area contributed by atoms with Gasteiger partial charge in [-0.25, -0.2) is 0 Å². The highest BCUT2D eigenvalue weighted by Crippen LogP contribution is 2.41. The normalized spacial score (nSPS) is 28.8. The first kappa shape index (κ1) is 17.0.